The van der Waals surface area contributed by atoms with Crippen molar-refractivity contribution in [2.24, 2.45) is 0 Å². The maximum absolute atomic E-state index is 11.7. The van der Waals surface area contributed by atoms with E-state index < -0.39 is 0 Å². The molecule has 0 spiro atoms. The zero-order valence-corrected chi connectivity index (χ0v) is 11.2. The molecule has 1 amide bonds. The summed E-state index contributed by atoms with van der Waals surface area (Å²) >= 11 is 6.39. The third-order valence-corrected chi connectivity index (χ3v) is 4.08. The van der Waals surface area contributed by atoms with Crippen LogP contribution in [0, 0.1) is 0 Å². The third-order valence-electron chi connectivity index (χ3n) is 2.58. The Hall–Kier alpha value is -0.850. The Morgan fingerprint density at radius 2 is 2.12 bits per heavy atom. The number of rotatable bonds is 2. The highest BCUT2D eigenvalue weighted by Gasteiger charge is 2.27. The van der Waals surface area contributed by atoms with Crippen LogP contribution >= 0.6 is 24.0 Å². The van der Waals surface area contributed by atoms with E-state index in [9.17, 15) is 4.79 Å². The second-order valence-electron chi connectivity index (χ2n) is 3.75. The van der Waals surface area contributed by atoms with Gasteiger partial charge in [0.2, 0.25) is 0 Å². The molecule has 0 atom stereocenters. The van der Waals surface area contributed by atoms with Gasteiger partial charge in [-0.2, -0.15) is 0 Å². The van der Waals surface area contributed by atoms with E-state index in [2.05, 4.69) is 4.90 Å². The standard InChI is InChI=1S/C11H14N2O2S2/c1-12-10(14)9(17-11(12)16)3-2-4-13-5-7-15-8-6-13/h2-4H,5-8H2,1H3/b4-2+,9-3+. The number of allylic oxidation sites excluding steroid dienone is 2. The van der Waals surface area contributed by atoms with Crippen molar-refractivity contribution in [3.05, 3.63) is 23.3 Å². The third kappa shape index (κ3) is 3.08. The van der Waals surface area contributed by atoms with Crippen LogP contribution in [-0.2, 0) is 9.53 Å². The van der Waals surface area contributed by atoms with Crippen molar-refractivity contribution in [1.29, 1.82) is 0 Å². The van der Waals surface area contributed by atoms with E-state index in [1.165, 1.54) is 16.7 Å². The number of likely N-dealkylation sites (N-methyl/N-ethyl adjacent to an activating group) is 1. The fourth-order valence-corrected chi connectivity index (χ4v) is 2.67. The summed E-state index contributed by atoms with van der Waals surface area (Å²) in [5.41, 5.74) is 0. The van der Waals surface area contributed by atoms with Crippen LogP contribution in [0.1, 0.15) is 0 Å². The van der Waals surface area contributed by atoms with Crippen LogP contribution in [0.25, 0.3) is 0 Å². The van der Waals surface area contributed by atoms with Gasteiger partial charge in [0, 0.05) is 20.1 Å². The van der Waals surface area contributed by atoms with E-state index >= 15 is 0 Å². The Morgan fingerprint density at radius 3 is 2.71 bits per heavy atom. The van der Waals surface area contributed by atoms with Gasteiger partial charge in [0.25, 0.3) is 5.91 Å². The van der Waals surface area contributed by atoms with Crippen LogP contribution in [0.3, 0.4) is 0 Å². The van der Waals surface area contributed by atoms with E-state index in [0.717, 1.165) is 26.3 Å². The number of nitrogens with zero attached hydrogens (tertiary/aromatic N) is 2. The molecule has 6 heteroatoms. The predicted molar refractivity (Wildman–Crippen MR) is 72.6 cm³/mol. The second kappa shape index (κ2) is 5.66. The summed E-state index contributed by atoms with van der Waals surface area (Å²) in [5, 5.41) is 0. The number of ether oxygens (including phenoxy) is 1. The Balaban J connectivity index is 1.94. The summed E-state index contributed by atoms with van der Waals surface area (Å²) in [4.78, 5) is 16.0. The molecule has 2 rings (SSSR count). The summed E-state index contributed by atoms with van der Waals surface area (Å²) < 4.78 is 5.86. The van der Waals surface area contributed by atoms with Gasteiger partial charge in [-0.3, -0.25) is 9.69 Å². The minimum atomic E-state index is -0.0216. The van der Waals surface area contributed by atoms with Gasteiger partial charge in [0.05, 0.1) is 18.1 Å². The van der Waals surface area contributed by atoms with Gasteiger partial charge in [0.1, 0.15) is 4.32 Å². The van der Waals surface area contributed by atoms with Gasteiger partial charge < -0.3 is 9.64 Å². The summed E-state index contributed by atoms with van der Waals surface area (Å²) in [6.07, 6.45) is 5.70. The van der Waals surface area contributed by atoms with Gasteiger partial charge in [-0.25, -0.2) is 0 Å². The average molecular weight is 270 g/mol. The highest BCUT2D eigenvalue weighted by Crippen LogP contribution is 2.29. The van der Waals surface area contributed by atoms with Crippen molar-refractivity contribution in [2.45, 2.75) is 0 Å². The SMILES string of the molecule is CN1C(=O)/C(=C\C=C\N2CCOCC2)SC1=S. The molecule has 2 saturated heterocycles. The molecular weight excluding hydrogens is 256 g/mol. The molecule has 2 heterocycles. The smallest absolute Gasteiger partial charge is 0.265 e. The van der Waals surface area contributed by atoms with Crippen LogP contribution in [0.4, 0.5) is 0 Å². The number of hydrogen-bond acceptors (Lipinski definition) is 5. The minimum Gasteiger partial charge on any atom is -0.378 e. The van der Waals surface area contributed by atoms with Crippen molar-refractivity contribution in [2.75, 3.05) is 33.4 Å². The topological polar surface area (TPSA) is 32.8 Å². The minimum absolute atomic E-state index is 0.0216. The summed E-state index contributed by atoms with van der Waals surface area (Å²) in [5.74, 6) is -0.0216. The molecule has 0 aromatic heterocycles. The first-order valence-corrected chi connectivity index (χ1v) is 6.61. The monoisotopic (exact) mass is 270 g/mol. The highest BCUT2D eigenvalue weighted by atomic mass is 32.2. The van der Waals surface area contributed by atoms with Crippen LogP contribution in [0.15, 0.2) is 23.3 Å². The summed E-state index contributed by atoms with van der Waals surface area (Å²) in [7, 11) is 1.70. The summed E-state index contributed by atoms with van der Waals surface area (Å²) in [6, 6.07) is 0. The normalized spacial score (nSPS) is 24.4. The van der Waals surface area contributed by atoms with E-state index in [0.29, 0.717) is 9.23 Å². The number of hydrogen-bond donors (Lipinski definition) is 0. The molecule has 2 aliphatic heterocycles. The maximum Gasteiger partial charge on any atom is 0.265 e. The molecule has 0 aliphatic carbocycles. The lowest BCUT2D eigenvalue weighted by Crippen LogP contribution is -2.31. The van der Waals surface area contributed by atoms with Gasteiger partial charge >= 0.3 is 0 Å². The Kier molecular flexibility index (Phi) is 4.20. The Morgan fingerprint density at radius 1 is 1.41 bits per heavy atom. The first kappa shape index (κ1) is 12.6. The fourth-order valence-electron chi connectivity index (χ4n) is 1.54. The number of thioether (sulfide) groups is 1. The average Bonchev–Trinajstić information content (AvgIpc) is 2.59. The van der Waals surface area contributed by atoms with Crippen LogP contribution in [0.2, 0.25) is 0 Å². The van der Waals surface area contributed by atoms with Gasteiger partial charge in [-0.1, -0.05) is 24.0 Å². The Labute approximate surface area is 110 Å². The lowest BCUT2D eigenvalue weighted by Gasteiger charge is -2.24. The zero-order valence-electron chi connectivity index (χ0n) is 9.59. The van der Waals surface area contributed by atoms with E-state index in [1.54, 1.807) is 7.05 Å². The molecular formula is C11H14N2O2S2. The molecule has 0 radical (unpaired) electrons. The number of amides is 1. The predicted octanol–water partition coefficient (Wildman–Crippen LogP) is 1.21. The molecule has 0 bridgehead atoms. The Bertz CT molecular complexity index is 387. The molecule has 17 heavy (non-hydrogen) atoms. The van der Waals surface area contributed by atoms with E-state index in [1.807, 2.05) is 18.4 Å². The molecule has 0 saturated carbocycles. The van der Waals surface area contributed by atoms with Gasteiger partial charge in [-0.15, -0.1) is 0 Å². The van der Waals surface area contributed by atoms with Crippen molar-refractivity contribution < 1.29 is 9.53 Å². The number of thiocarbonyl (C=S) groups is 1. The van der Waals surface area contributed by atoms with Crippen LogP contribution < -0.4 is 0 Å². The molecule has 0 aromatic carbocycles. The van der Waals surface area contributed by atoms with Crippen LogP contribution in [-0.4, -0.2) is 53.4 Å². The van der Waals surface area contributed by atoms with Crippen LogP contribution in [0.5, 0.6) is 0 Å². The molecule has 4 nitrogen and oxygen atoms in total. The lowest BCUT2D eigenvalue weighted by atomic mass is 10.4. The molecule has 0 unspecified atom stereocenters. The van der Waals surface area contributed by atoms with Crippen molar-refractivity contribution >= 4 is 34.2 Å². The quantitative estimate of drug-likeness (QED) is 0.556. The first-order chi connectivity index (χ1) is 8.18. The molecule has 92 valence electrons. The van der Waals surface area contributed by atoms with Gasteiger partial charge in [-0.05, 0) is 18.4 Å². The first-order valence-electron chi connectivity index (χ1n) is 5.38. The van der Waals surface area contributed by atoms with Gasteiger partial charge in [0.15, 0.2) is 0 Å². The summed E-state index contributed by atoms with van der Waals surface area (Å²) in [6.45, 7) is 3.33. The highest BCUT2D eigenvalue weighted by molar-refractivity contribution is 8.26. The molecule has 0 N–H and O–H groups in total. The second-order valence-corrected chi connectivity index (χ2v) is 5.43. The van der Waals surface area contributed by atoms with E-state index in [-0.39, 0.29) is 5.91 Å². The van der Waals surface area contributed by atoms with E-state index in [4.69, 9.17) is 17.0 Å². The van der Waals surface area contributed by atoms with Crippen molar-refractivity contribution in [1.82, 2.24) is 9.80 Å². The number of morpholine rings is 1. The fraction of sp³-hybridized carbons (Fsp3) is 0.455. The molecule has 2 fully saturated rings. The van der Waals surface area contributed by atoms with Crippen molar-refractivity contribution in [3.63, 3.8) is 0 Å². The molecule has 0 aromatic rings. The largest absolute Gasteiger partial charge is 0.378 e. The lowest BCUT2D eigenvalue weighted by molar-refractivity contribution is -0.121. The van der Waals surface area contributed by atoms with Crippen molar-refractivity contribution in [3.8, 4) is 0 Å². The zero-order chi connectivity index (χ0) is 12.3. The maximum atomic E-state index is 11.7. The number of carbonyl (C=O) groups is 1. The number of carbonyl (C=O) groups excluding carboxylic acids is 1. The molecule has 2 aliphatic rings.